The van der Waals surface area contributed by atoms with Crippen molar-refractivity contribution in [3.8, 4) is 0 Å². The highest BCUT2D eigenvalue weighted by Gasteiger charge is 2.45. The second-order valence-electron chi connectivity index (χ2n) is 4.97. The summed E-state index contributed by atoms with van der Waals surface area (Å²) in [6, 6.07) is 11.0. The Morgan fingerprint density at radius 2 is 2.06 bits per heavy atom. The van der Waals surface area contributed by atoms with Gasteiger partial charge in [0.05, 0.1) is 0 Å². The summed E-state index contributed by atoms with van der Waals surface area (Å²) in [5.41, 5.74) is 1.75. The van der Waals surface area contributed by atoms with Crippen LogP contribution in [0.1, 0.15) is 44.6 Å². The van der Waals surface area contributed by atoms with Crippen LogP contribution in [0.5, 0.6) is 0 Å². The average molecular weight is 217 g/mol. The topological polar surface area (TPSA) is 12.0 Å². The summed E-state index contributed by atoms with van der Waals surface area (Å²) in [6.07, 6.45) is 6.72. The van der Waals surface area contributed by atoms with Crippen LogP contribution >= 0.6 is 0 Å². The van der Waals surface area contributed by atoms with Gasteiger partial charge in [-0.05, 0) is 37.8 Å². The van der Waals surface area contributed by atoms with Crippen LogP contribution in [-0.2, 0) is 5.54 Å². The fourth-order valence-electron chi connectivity index (χ4n) is 3.07. The second-order valence-corrected chi connectivity index (χ2v) is 4.97. The van der Waals surface area contributed by atoms with Crippen molar-refractivity contribution in [3.63, 3.8) is 0 Å². The van der Waals surface area contributed by atoms with Crippen LogP contribution in [-0.4, -0.2) is 7.05 Å². The van der Waals surface area contributed by atoms with E-state index in [2.05, 4.69) is 49.6 Å². The molecule has 0 heterocycles. The SMILES string of the molecule is CCCCC1CCC1(NC)c1ccccc1. The van der Waals surface area contributed by atoms with E-state index in [1.54, 1.807) is 0 Å². The number of unbranched alkanes of at least 4 members (excludes halogenated alkanes) is 1. The summed E-state index contributed by atoms with van der Waals surface area (Å²) in [5.74, 6) is 0.833. The Labute approximate surface area is 99.3 Å². The van der Waals surface area contributed by atoms with Crippen LogP contribution in [0.2, 0.25) is 0 Å². The molecule has 2 rings (SSSR count). The minimum absolute atomic E-state index is 0.274. The Bertz CT molecular complexity index is 315. The zero-order valence-corrected chi connectivity index (χ0v) is 10.5. The summed E-state index contributed by atoms with van der Waals surface area (Å²) in [4.78, 5) is 0. The average Bonchev–Trinajstić information content (AvgIpc) is 2.31. The molecule has 1 aliphatic carbocycles. The number of benzene rings is 1. The second kappa shape index (κ2) is 5.01. The van der Waals surface area contributed by atoms with E-state index in [1.165, 1.54) is 37.7 Å². The number of rotatable bonds is 5. The standard InChI is InChI=1S/C15H23N/c1-3-4-8-14-11-12-15(14,16-2)13-9-6-5-7-10-13/h5-7,9-10,14,16H,3-4,8,11-12H2,1-2H3. The monoisotopic (exact) mass is 217 g/mol. The van der Waals surface area contributed by atoms with E-state index < -0.39 is 0 Å². The molecular formula is C15H23N. The van der Waals surface area contributed by atoms with Crippen molar-refractivity contribution in [3.05, 3.63) is 35.9 Å². The minimum atomic E-state index is 0.274. The molecule has 0 radical (unpaired) electrons. The van der Waals surface area contributed by atoms with Crippen molar-refractivity contribution in [2.75, 3.05) is 7.05 Å². The van der Waals surface area contributed by atoms with Crippen molar-refractivity contribution in [2.45, 2.75) is 44.6 Å². The summed E-state index contributed by atoms with van der Waals surface area (Å²) in [5, 5.41) is 3.59. The molecule has 0 aromatic heterocycles. The van der Waals surface area contributed by atoms with Gasteiger partial charge in [0.1, 0.15) is 0 Å². The van der Waals surface area contributed by atoms with Crippen molar-refractivity contribution in [2.24, 2.45) is 5.92 Å². The highest BCUT2D eigenvalue weighted by atomic mass is 15.0. The molecule has 0 spiro atoms. The van der Waals surface area contributed by atoms with Gasteiger partial charge >= 0.3 is 0 Å². The Hall–Kier alpha value is -0.820. The van der Waals surface area contributed by atoms with Gasteiger partial charge in [-0.3, -0.25) is 0 Å². The summed E-state index contributed by atoms with van der Waals surface area (Å²) in [7, 11) is 2.12. The molecule has 0 amide bonds. The third-order valence-corrected chi connectivity index (χ3v) is 4.23. The molecule has 1 nitrogen and oxygen atoms in total. The van der Waals surface area contributed by atoms with Gasteiger partial charge in [0.2, 0.25) is 0 Å². The Morgan fingerprint density at radius 1 is 1.31 bits per heavy atom. The third-order valence-electron chi connectivity index (χ3n) is 4.23. The molecule has 1 fully saturated rings. The van der Waals surface area contributed by atoms with Gasteiger partial charge < -0.3 is 5.32 Å². The van der Waals surface area contributed by atoms with Crippen LogP contribution < -0.4 is 5.32 Å². The van der Waals surface area contributed by atoms with Gasteiger partial charge in [-0.2, -0.15) is 0 Å². The van der Waals surface area contributed by atoms with Crippen LogP contribution in [0, 0.1) is 5.92 Å². The zero-order valence-electron chi connectivity index (χ0n) is 10.5. The first kappa shape index (κ1) is 11.7. The van der Waals surface area contributed by atoms with Crippen LogP contribution in [0.3, 0.4) is 0 Å². The fraction of sp³-hybridized carbons (Fsp3) is 0.600. The van der Waals surface area contributed by atoms with Gasteiger partial charge in [0.15, 0.2) is 0 Å². The van der Waals surface area contributed by atoms with E-state index in [-0.39, 0.29) is 5.54 Å². The van der Waals surface area contributed by atoms with Crippen LogP contribution in [0.15, 0.2) is 30.3 Å². The lowest BCUT2D eigenvalue weighted by Gasteiger charge is -2.50. The Balaban J connectivity index is 2.14. The smallest absolute Gasteiger partial charge is 0.0460 e. The molecule has 1 saturated carbocycles. The minimum Gasteiger partial charge on any atom is -0.310 e. The van der Waals surface area contributed by atoms with Gasteiger partial charge in [-0.15, -0.1) is 0 Å². The largest absolute Gasteiger partial charge is 0.310 e. The van der Waals surface area contributed by atoms with Crippen molar-refractivity contribution in [1.29, 1.82) is 0 Å². The third kappa shape index (κ3) is 1.89. The molecule has 1 N–H and O–H groups in total. The number of hydrogen-bond acceptors (Lipinski definition) is 1. The molecule has 0 saturated heterocycles. The first-order valence-electron chi connectivity index (χ1n) is 6.58. The van der Waals surface area contributed by atoms with Gasteiger partial charge in [0, 0.05) is 5.54 Å². The van der Waals surface area contributed by atoms with E-state index in [1.807, 2.05) is 0 Å². The van der Waals surface area contributed by atoms with Crippen LogP contribution in [0.25, 0.3) is 0 Å². The molecule has 1 aromatic rings. The highest BCUT2D eigenvalue weighted by molar-refractivity contribution is 5.28. The normalized spacial score (nSPS) is 28.8. The summed E-state index contributed by atoms with van der Waals surface area (Å²) in [6.45, 7) is 2.28. The van der Waals surface area contributed by atoms with Crippen LogP contribution in [0.4, 0.5) is 0 Å². The van der Waals surface area contributed by atoms with Gasteiger partial charge in [-0.1, -0.05) is 50.1 Å². The van der Waals surface area contributed by atoms with E-state index >= 15 is 0 Å². The maximum Gasteiger partial charge on any atom is 0.0460 e. The molecule has 1 heteroatoms. The summed E-state index contributed by atoms with van der Waals surface area (Å²) >= 11 is 0. The fourth-order valence-corrected chi connectivity index (χ4v) is 3.07. The lowest BCUT2D eigenvalue weighted by atomic mass is 9.61. The zero-order chi connectivity index (χ0) is 11.4. The van der Waals surface area contributed by atoms with Crippen molar-refractivity contribution in [1.82, 2.24) is 5.32 Å². The van der Waals surface area contributed by atoms with Gasteiger partial charge in [-0.25, -0.2) is 0 Å². The lowest BCUT2D eigenvalue weighted by molar-refractivity contribution is 0.0787. The van der Waals surface area contributed by atoms with Gasteiger partial charge in [0.25, 0.3) is 0 Å². The maximum absolute atomic E-state index is 3.59. The molecule has 2 unspecified atom stereocenters. The molecular weight excluding hydrogens is 194 g/mol. The van der Waals surface area contributed by atoms with Crippen molar-refractivity contribution < 1.29 is 0 Å². The summed E-state index contributed by atoms with van der Waals surface area (Å²) < 4.78 is 0. The molecule has 0 aliphatic heterocycles. The predicted octanol–water partition coefficient (Wildman–Crippen LogP) is 3.70. The predicted molar refractivity (Wildman–Crippen MR) is 69.4 cm³/mol. The maximum atomic E-state index is 3.59. The Morgan fingerprint density at radius 3 is 2.56 bits per heavy atom. The van der Waals surface area contributed by atoms with E-state index in [4.69, 9.17) is 0 Å². The van der Waals surface area contributed by atoms with E-state index in [0.717, 1.165) is 5.92 Å². The van der Waals surface area contributed by atoms with E-state index in [9.17, 15) is 0 Å². The first-order chi connectivity index (χ1) is 7.83. The molecule has 1 aromatic carbocycles. The number of nitrogens with one attached hydrogen (secondary N) is 1. The molecule has 0 bridgehead atoms. The first-order valence-corrected chi connectivity index (χ1v) is 6.58. The van der Waals surface area contributed by atoms with E-state index in [0.29, 0.717) is 0 Å². The number of hydrogen-bond donors (Lipinski definition) is 1. The molecule has 16 heavy (non-hydrogen) atoms. The molecule has 1 aliphatic rings. The Kier molecular flexibility index (Phi) is 3.65. The van der Waals surface area contributed by atoms with Crippen molar-refractivity contribution >= 4 is 0 Å². The quantitative estimate of drug-likeness (QED) is 0.793. The highest BCUT2D eigenvalue weighted by Crippen LogP contribution is 2.48. The molecule has 2 atom stereocenters. The molecule has 88 valence electrons. The lowest BCUT2D eigenvalue weighted by Crippen LogP contribution is -2.53.